The fourth-order valence-corrected chi connectivity index (χ4v) is 4.93. The monoisotopic (exact) mass is 420 g/mol. The Morgan fingerprint density at radius 2 is 1.32 bits per heavy atom. The lowest BCUT2D eigenvalue weighted by Crippen LogP contribution is -2.41. The quantitative estimate of drug-likeness (QED) is 0.667. The number of allylic oxidation sites excluding steroid dienone is 4. The molecule has 2 unspecified atom stereocenters. The summed E-state index contributed by atoms with van der Waals surface area (Å²) < 4.78 is 25.1. The Bertz CT molecular complexity index is 944. The van der Waals surface area contributed by atoms with Crippen molar-refractivity contribution < 1.29 is 18.6 Å². The average Bonchev–Trinajstić information content (AvgIpc) is 3.20. The first-order chi connectivity index (χ1) is 14.3. The third-order valence-corrected chi connectivity index (χ3v) is 8.40. The highest BCUT2D eigenvalue weighted by atomic mass is 16.7. The van der Waals surface area contributed by atoms with Crippen LogP contribution < -0.4 is 5.46 Å². The van der Waals surface area contributed by atoms with Crippen LogP contribution in [-0.2, 0) is 25.0 Å². The van der Waals surface area contributed by atoms with Crippen LogP contribution in [0.2, 0.25) is 0 Å². The first-order valence-electron chi connectivity index (χ1n) is 11.5. The second-order valence-electron chi connectivity index (χ2n) is 11.6. The molecule has 5 rings (SSSR count). The molecule has 0 bridgehead atoms. The van der Waals surface area contributed by atoms with E-state index in [-0.39, 0.29) is 36.6 Å². The Morgan fingerprint density at radius 3 is 1.90 bits per heavy atom. The highest BCUT2D eigenvalue weighted by Crippen LogP contribution is 2.45. The van der Waals surface area contributed by atoms with E-state index in [4.69, 9.17) is 18.6 Å². The van der Waals surface area contributed by atoms with Crippen LogP contribution in [0.15, 0.2) is 41.9 Å². The smallest absolute Gasteiger partial charge is 0.399 e. The maximum atomic E-state index is 6.28. The van der Waals surface area contributed by atoms with Crippen molar-refractivity contribution >= 4 is 19.7 Å². The lowest BCUT2D eigenvalue weighted by Gasteiger charge is -2.32. The summed E-state index contributed by atoms with van der Waals surface area (Å²) in [6.07, 6.45) is 7.90. The SMILES string of the molecule is CC1(C)OB(C2=CC3Cc4cc(B5OC(C)(C)C(C)(C)O5)ccc4C3C=C2)OC1(C)C. The highest BCUT2D eigenvalue weighted by molar-refractivity contribution is 6.62. The summed E-state index contributed by atoms with van der Waals surface area (Å²) in [5.74, 6) is 0.844. The molecule has 0 saturated carbocycles. The minimum atomic E-state index is -0.326. The first-order valence-corrected chi connectivity index (χ1v) is 11.5. The zero-order chi connectivity index (χ0) is 22.4. The Kier molecular flexibility index (Phi) is 4.58. The minimum Gasteiger partial charge on any atom is -0.399 e. The lowest BCUT2D eigenvalue weighted by atomic mass is 9.71. The van der Waals surface area contributed by atoms with Crippen LogP contribution in [-0.4, -0.2) is 36.6 Å². The van der Waals surface area contributed by atoms with Gasteiger partial charge in [-0.2, -0.15) is 0 Å². The minimum absolute atomic E-state index is 0.300. The highest BCUT2D eigenvalue weighted by Gasteiger charge is 2.53. The third-order valence-electron chi connectivity index (χ3n) is 8.40. The largest absolute Gasteiger partial charge is 0.494 e. The van der Waals surface area contributed by atoms with Crippen molar-refractivity contribution in [2.24, 2.45) is 5.92 Å². The normalized spacial score (nSPS) is 31.5. The summed E-state index contributed by atoms with van der Waals surface area (Å²) in [6.45, 7) is 16.8. The standard InChI is InChI=1S/C25H34B2O4/c1-22(2)23(3,4)29-26(28-22)18-9-11-20-16(14-18)13-17-15-19(10-12-21(17)20)27-30-24(5,6)25(7,8)31-27/h9-12,14-16,20H,13H2,1-8H3. The van der Waals surface area contributed by atoms with Crippen LogP contribution in [0, 0.1) is 5.92 Å². The zero-order valence-corrected chi connectivity index (χ0v) is 20.1. The van der Waals surface area contributed by atoms with Crippen molar-refractivity contribution in [3.05, 3.63) is 53.0 Å². The van der Waals surface area contributed by atoms with E-state index in [0.717, 1.165) is 17.4 Å². The van der Waals surface area contributed by atoms with Gasteiger partial charge in [-0.25, -0.2) is 0 Å². The molecule has 6 heteroatoms. The van der Waals surface area contributed by atoms with E-state index < -0.39 is 0 Å². The van der Waals surface area contributed by atoms with E-state index >= 15 is 0 Å². The molecule has 0 aromatic heterocycles. The van der Waals surface area contributed by atoms with Gasteiger partial charge in [0, 0.05) is 5.92 Å². The fraction of sp³-hybridized carbons (Fsp3) is 0.600. The van der Waals surface area contributed by atoms with E-state index in [2.05, 4.69) is 91.8 Å². The van der Waals surface area contributed by atoms with Gasteiger partial charge in [0.05, 0.1) is 22.4 Å². The molecule has 2 saturated heterocycles. The number of hydrogen-bond acceptors (Lipinski definition) is 4. The predicted octanol–water partition coefficient (Wildman–Crippen LogP) is 4.37. The first kappa shape index (κ1) is 21.5. The van der Waals surface area contributed by atoms with Crippen molar-refractivity contribution in [3.63, 3.8) is 0 Å². The van der Waals surface area contributed by atoms with Crippen LogP contribution in [0.3, 0.4) is 0 Å². The molecule has 2 aliphatic heterocycles. The molecule has 4 nitrogen and oxygen atoms in total. The maximum absolute atomic E-state index is 6.28. The van der Waals surface area contributed by atoms with E-state index in [1.807, 2.05) is 0 Å². The Morgan fingerprint density at radius 1 is 0.774 bits per heavy atom. The number of hydrogen-bond donors (Lipinski definition) is 0. The van der Waals surface area contributed by atoms with Crippen LogP contribution in [0.5, 0.6) is 0 Å². The van der Waals surface area contributed by atoms with Crippen LogP contribution in [0.4, 0.5) is 0 Å². The van der Waals surface area contributed by atoms with Gasteiger partial charge in [-0.15, -0.1) is 0 Å². The van der Waals surface area contributed by atoms with Gasteiger partial charge in [0.1, 0.15) is 0 Å². The average molecular weight is 420 g/mol. The summed E-state index contributed by atoms with van der Waals surface area (Å²) in [7, 11) is -0.615. The zero-order valence-electron chi connectivity index (χ0n) is 20.1. The summed E-state index contributed by atoms with van der Waals surface area (Å²) in [5.41, 5.74) is 3.75. The van der Waals surface area contributed by atoms with E-state index in [1.54, 1.807) is 0 Å². The van der Waals surface area contributed by atoms with Crippen molar-refractivity contribution in [1.82, 2.24) is 0 Å². The molecular weight excluding hydrogens is 386 g/mol. The molecule has 0 spiro atoms. The van der Waals surface area contributed by atoms with Gasteiger partial charge in [-0.3, -0.25) is 0 Å². The molecule has 2 atom stereocenters. The number of fused-ring (bicyclic) bond motifs is 3. The van der Waals surface area contributed by atoms with Crippen LogP contribution in [0.1, 0.15) is 72.4 Å². The molecule has 2 heterocycles. The van der Waals surface area contributed by atoms with Crippen molar-refractivity contribution in [1.29, 1.82) is 0 Å². The second-order valence-corrected chi connectivity index (χ2v) is 11.6. The van der Waals surface area contributed by atoms with Crippen molar-refractivity contribution in [2.75, 3.05) is 0 Å². The summed E-state index contributed by atoms with van der Waals surface area (Å²) >= 11 is 0. The number of rotatable bonds is 2. The Labute approximate surface area is 187 Å². The van der Waals surface area contributed by atoms with Gasteiger partial charge in [-0.05, 0) is 89.8 Å². The van der Waals surface area contributed by atoms with Crippen molar-refractivity contribution in [3.8, 4) is 0 Å². The van der Waals surface area contributed by atoms with E-state index in [0.29, 0.717) is 11.8 Å². The molecule has 4 aliphatic rings. The molecular formula is C25H34B2O4. The van der Waals surface area contributed by atoms with Crippen molar-refractivity contribution in [2.45, 2.75) is 90.1 Å². The van der Waals surface area contributed by atoms with Gasteiger partial charge in [0.25, 0.3) is 0 Å². The molecule has 1 aromatic carbocycles. The molecule has 2 fully saturated rings. The third kappa shape index (κ3) is 3.29. The van der Waals surface area contributed by atoms with Gasteiger partial charge >= 0.3 is 14.2 Å². The van der Waals surface area contributed by atoms with Gasteiger partial charge < -0.3 is 18.6 Å². The Hall–Kier alpha value is -1.33. The van der Waals surface area contributed by atoms with Gasteiger partial charge in [0.15, 0.2) is 0 Å². The summed E-state index contributed by atoms with van der Waals surface area (Å²) in [4.78, 5) is 0. The molecule has 0 amide bonds. The second kappa shape index (κ2) is 6.60. The number of benzene rings is 1. The maximum Gasteiger partial charge on any atom is 0.494 e. The molecule has 0 N–H and O–H groups in total. The van der Waals surface area contributed by atoms with Gasteiger partial charge in [-0.1, -0.05) is 36.4 Å². The van der Waals surface area contributed by atoms with Gasteiger partial charge in [0.2, 0.25) is 0 Å². The van der Waals surface area contributed by atoms with E-state index in [1.165, 1.54) is 11.1 Å². The molecule has 0 radical (unpaired) electrons. The van der Waals surface area contributed by atoms with Crippen LogP contribution in [0.25, 0.3) is 0 Å². The fourth-order valence-electron chi connectivity index (χ4n) is 4.93. The molecule has 1 aromatic rings. The molecule has 31 heavy (non-hydrogen) atoms. The Balaban J connectivity index is 1.36. The summed E-state index contributed by atoms with van der Waals surface area (Å²) in [6, 6.07) is 6.72. The van der Waals surface area contributed by atoms with Crippen LogP contribution >= 0.6 is 0 Å². The van der Waals surface area contributed by atoms with E-state index in [9.17, 15) is 0 Å². The predicted molar refractivity (Wildman–Crippen MR) is 125 cm³/mol. The topological polar surface area (TPSA) is 36.9 Å². The molecule has 2 aliphatic carbocycles. The summed E-state index contributed by atoms with van der Waals surface area (Å²) in [5, 5.41) is 0. The molecule has 164 valence electrons. The lowest BCUT2D eigenvalue weighted by molar-refractivity contribution is 0.00578.